The number of nitrogen functional groups attached to an aromatic ring is 1. The quantitative estimate of drug-likeness (QED) is 0.365. The lowest BCUT2D eigenvalue weighted by atomic mass is 10.0. The Bertz CT molecular complexity index is 1420. The van der Waals surface area contributed by atoms with Gasteiger partial charge >= 0.3 is 0 Å². The molecule has 2 aromatic carbocycles. The first-order valence-electron chi connectivity index (χ1n) is 12.7. The lowest BCUT2D eigenvalue weighted by Gasteiger charge is -2.16. The van der Waals surface area contributed by atoms with E-state index in [9.17, 15) is 0 Å². The lowest BCUT2D eigenvalue weighted by Crippen LogP contribution is -2.25. The number of nitrogens with zero attached hydrogens (tertiary/aromatic N) is 6. The summed E-state index contributed by atoms with van der Waals surface area (Å²) in [6, 6.07) is 16.0. The highest BCUT2D eigenvalue weighted by Crippen LogP contribution is 2.32. The van der Waals surface area contributed by atoms with Crippen molar-refractivity contribution in [2.75, 3.05) is 37.3 Å². The molecule has 0 atom stereocenters. The van der Waals surface area contributed by atoms with Gasteiger partial charge in [-0.1, -0.05) is 35.9 Å². The molecule has 0 bridgehead atoms. The molecular formula is C27H29ClN8O. The fourth-order valence-corrected chi connectivity index (χ4v) is 5.30. The average molecular weight is 517 g/mol. The molecule has 1 saturated heterocycles. The normalized spacial score (nSPS) is 15.2. The lowest BCUT2D eigenvalue weighted by molar-refractivity contribution is 0.238. The number of hydrogen-bond acceptors (Lipinski definition) is 8. The molecule has 9 nitrogen and oxygen atoms in total. The number of fused-ring (bicyclic) bond motifs is 3. The maximum Gasteiger partial charge on any atom is 0.241 e. The third-order valence-electron chi connectivity index (χ3n) is 6.92. The highest BCUT2D eigenvalue weighted by Gasteiger charge is 2.19. The second kappa shape index (κ2) is 10.4. The van der Waals surface area contributed by atoms with E-state index < -0.39 is 0 Å². The van der Waals surface area contributed by atoms with Crippen molar-refractivity contribution in [1.29, 1.82) is 0 Å². The van der Waals surface area contributed by atoms with E-state index in [0.29, 0.717) is 29.1 Å². The van der Waals surface area contributed by atoms with E-state index in [0.717, 1.165) is 61.4 Å². The molecule has 0 saturated carbocycles. The first kappa shape index (κ1) is 23.7. The van der Waals surface area contributed by atoms with Crippen LogP contribution in [0.15, 0.2) is 48.5 Å². The first-order valence-corrected chi connectivity index (χ1v) is 13.1. The maximum absolute atomic E-state index is 6.52. The van der Waals surface area contributed by atoms with Crippen molar-refractivity contribution in [3.05, 3.63) is 64.7 Å². The maximum atomic E-state index is 6.52. The molecule has 0 unspecified atom stereocenters. The Morgan fingerprint density at radius 2 is 1.81 bits per heavy atom. The van der Waals surface area contributed by atoms with Gasteiger partial charge < -0.3 is 15.8 Å². The van der Waals surface area contributed by atoms with Crippen LogP contribution in [-0.4, -0.2) is 56.1 Å². The van der Waals surface area contributed by atoms with Crippen LogP contribution in [-0.2, 0) is 12.8 Å². The fourth-order valence-electron chi connectivity index (χ4n) is 5.06. The molecule has 0 spiro atoms. The molecule has 6 rings (SSSR count). The van der Waals surface area contributed by atoms with Crippen molar-refractivity contribution >= 4 is 29.2 Å². The Labute approximate surface area is 220 Å². The van der Waals surface area contributed by atoms with Crippen LogP contribution in [0.3, 0.4) is 0 Å². The molecule has 4 aromatic rings. The fraction of sp³-hybridized carbons (Fsp3) is 0.333. The third kappa shape index (κ3) is 5.10. The highest BCUT2D eigenvalue weighted by atomic mass is 35.5. The summed E-state index contributed by atoms with van der Waals surface area (Å²) in [5.74, 6) is 1.78. The Kier molecular flexibility index (Phi) is 6.63. The number of anilines is 3. The summed E-state index contributed by atoms with van der Waals surface area (Å²) in [5.41, 5.74) is 11.2. The number of nitrogens with one attached hydrogen (secondary N) is 1. The second-order valence-corrected chi connectivity index (χ2v) is 9.87. The van der Waals surface area contributed by atoms with Crippen LogP contribution < -0.4 is 15.8 Å². The van der Waals surface area contributed by atoms with Gasteiger partial charge in [-0.05, 0) is 80.6 Å². The van der Waals surface area contributed by atoms with Crippen LogP contribution in [0.1, 0.15) is 30.4 Å². The van der Waals surface area contributed by atoms with Crippen molar-refractivity contribution < 1.29 is 4.74 Å². The van der Waals surface area contributed by atoms with E-state index in [1.807, 2.05) is 30.3 Å². The summed E-state index contributed by atoms with van der Waals surface area (Å²) < 4.78 is 7.49. The van der Waals surface area contributed by atoms with Crippen molar-refractivity contribution in [2.45, 2.75) is 32.1 Å². The van der Waals surface area contributed by atoms with E-state index in [1.165, 1.54) is 18.4 Å². The summed E-state index contributed by atoms with van der Waals surface area (Å²) in [7, 11) is 0. The van der Waals surface area contributed by atoms with Crippen LogP contribution in [0, 0.1) is 0 Å². The Balaban J connectivity index is 1.21. The number of hydrogen-bond donors (Lipinski definition) is 2. The second-order valence-electron chi connectivity index (χ2n) is 9.46. The van der Waals surface area contributed by atoms with Crippen molar-refractivity contribution in [2.24, 2.45) is 0 Å². The molecule has 2 aromatic heterocycles. The highest BCUT2D eigenvalue weighted by molar-refractivity contribution is 6.32. The van der Waals surface area contributed by atoms with E-state index in [1.54, 1.807) is 4.68 Å². The van der Waals surface area contributed by atoms with Gasteiger partial charge in [0.05, 0.1) is 10.7 Å². The molecule has 190 valence electrons. The first-order chi connectivity index (χ1) is 18.1. The minimum absolute atomic E-state index is 0.137. The molecule has 0 radical (unpaired) electrons. The Hall–Kier alpha value is -3.69. The molecule has 1 fully saturated rings. The van der Waals surface area contributed by atoms with Gasteiger partial charge in [0.2, 0.25) is 11.9 Å². The largest absolute Gasteiger partial charge is 0.491 e. The van der Waals surface area contributed by atoms with Gasteiger partial charge in [0, 0.05) is 17.8 Å². The zero-order valence-corrected chi connectivity index (χ0v) is 21.3. The molecule has 37 heavy (non-hydrogen) atoms. The van der Waals surface area contributed by atoms with Crippen molar-refractivity contribution in [3.63, 3.8) is 0 Å². The summed E-state index contributed by atoms with van der Waals surface area (Å²) in [4.78, 5) is 6.77. The minimum Gasteiger partial charge on any atom is -0.491 e. The van der Waals surface area contributed by atoms with Gasteiger partial charge in [0.15, 0.2) is 5.82 Å². The third-order valence-corrected chi connectivity index (χ3v) is 7.21. The van der Waals surface area contributed by atoms with Crippen molar-refractivity contribution in [3.8, 4) is 22.8 Å². The van der Waals surface area contributed by atoms with Crippen LogP contribution in [0.5, 0.6) is 5.75 Å². The molecule has 10 heteroatoms. The van der Waals surface area contributed by atoms with Crippen LogP contribution in [0.4, 0.5) is 17.6 Å². The molecule has 1 aliphatic heterocycles. The van der Waals surface area contributed by atoms with Crippen LogP contribution in [0.2, 0.25) is 5.02 Å². The number of likely N-dealkylation sites (tertiary alicyclic amines) is 1. The molecule has 3 N–H and O–H groups in total. The molecule has 0 amide bonds. The topological polar surface area (TPSA) is 107 Å². The smallest absolute Gasteiger partial charge is 0.241 e. The zero-order valence-electron chi connectivity index (χ0n) is 20.5. The number of halogens is 1. The average Bonchev–Trinajstić information content (AvgIpc) is 3.50. The minimum atomic E-state index is 0.137. The summed E-state index contributed by atoms with van der Waals surface area (Å²) in [6.45, 7) is 3.81. The van der Waals surface area contributed by atoms with E-state index >= 15 is 0 Å². The van der Waals surface area contributed by atoms with Gasteiger partial charge in [-0.3, -0.25) is 4.90 Å². The van der Waals surface area contributed by atoms with Gasteiger partial charge in [-0.15, -0.1) is 15.3 Å². The van der Waals surface area contributed by atoms with Gasteiger partial charge in [-0.2, -0.15) is 9.67 Å². The predicted molar refractivity (Wildman–Crippen MR) is 145 cm³/mol. The number of ether oxygens (including phenoxy) is 1. The summed E-state index contributed by atoms with van der Waals surface area (Å²) >= 11 is 6.52. The van der Waals surface area contributed by atoms with Crippen molar-refractivity contribution in [1.82, 2.24) is 29.9 Å². The van der Waals surface area contributed by atoms with Gasteiger partial charge in [0.25, 0.3) is 0 Å². The monoisotopic (exact) mass is 516 g/mol. The number of nitrogens with two attached hydrogens (primary N) is 1. The molecule has 3 heterocycles. The number of rotatable bonds is 7. The molecular weight excluding hydrogens is 488 g/mol. The Morgan fingerprint density at radius 3 is 2.68 bits per heavy atom. The van der Waals surface area contributed by atoms with Gasteiger partial charge in [-0.25, -0.2) is 0 Å². The van der Waals surface area contributed by atoms with Crippen LogP contribution >= 0.6 is 11.6 Å². The van der Waals surface area contributed by atoms with E-state index in [4.69, 9.17) is 22.1 Å². The standard InChI is InChI=1S/C27H29ClN8O/c28-22-17-20(10-11-23(22)37-15-14-35-12-3-4-13-35)30-27-31-26(29)34-36(27)24-16-19-8-5-7-18-6-1-2-9-21(18)25(19)33-32-24/h1-2,6,9-11,16-17H,3-5,7-8,12-15H2,(H3,29,30,31,34). The van der Waals surface area contributed by atoms with Crippen LogP contribution in [0.25, 0.3) is 17.1 Å². The van der Waals surface area contributed by atoms with E-state index in [2.05, 4.69) is 48.7 Å². The molecule has 2 aliphatic rings. The summed E-state index contributed by atoms with van der Waals surface area (Å²) in [6.07, 6.45) is 5.51. The SMILES string of the molecule is Nc1nc(Nc2ccc(OCCN3CCCC3)c(Cl)c2)n(-c2cc3c(nn2)-c2ccccc2CCC3)n1. The summed E-state index contributed by atoms with van der Waals surface area (Å²) in [5, 5.41) is 17.2. The van der Waals surface area contributed by atoms with Gasteiger partial charge in [0.1, 0.15) is 12.4 Å². The van der Waals surface area contributed by atoms with E-state index in [-0.39, 0.29) is 5.95 Å². The number of aryl methyl sites for hydroxylation is 2. The molecule has 1 aliphatic carbocycles. The zero-order chi connectivity index (χ0) is 25.2. The predicted octanol–water partition coefficient (Wildman–Crippen LogP) is 4.67. The number of benzene rings is 2. The Morgan fingerprint density at radius 1 is 0.973 bits per heavy atom. The number of aromatic nitrogens is 5.